The van der Waals surface area contributed by atoms with Crippen molar-refractivity contribution in [3.8, 4) is 17.2 Å². The van der Waals surface area contributed by atoms with Crippen LogP contribution < -0.4 is 14.2 Å². The van der Waals surface area contributed by atoms with Crippen LogP contribution in [0.4, 0.5) is 0 Å². The molecule has 1 amide bonds. The van der Waals surface area contributed by atoms with Gasteiger partial charge < -0.3 is 29.0 Å². The van der Waals surface area contributed by atoms with Crippen LogP contribution in [0, 0.1) is 0 Å². The van der Waals surface area contributed by atoms with Crippen molar-refractivity contribution in [3.63, 3.8) is 0 Å². The topological polar surface area (TPSA) is 94.5 Å². The fourth-order valence-corrected chi connectivity index (χ4v) is 3.98. The van der Waals surface area contributed by atoms with Gasteiger partial charge >= 0.3 is 0 Å². The monoisotopic (exact) mass is 469 g/mol. The highest BCUT2D eigenvalue weighted by atomic mass is 16.5. The number of methoxy groups -OCH3 is 3. The minimum atomic E-state index is -0.789. The van der Waals surface area contributed by atoms with Crippen LogP contribution in [0.3, 0.4) is 0 Å². The molecule has 8 heteroatoms. The Morgan fingerprint density at radius 3 is 2.26 bits per heavy atom. The maximum Gasteiger partial charge on any atom is 0.295 e. The van der Waals surface area contributed by atoms with Gasteiger partial charge in [-0.15, -0.1) is 0 Å². The fourth-order valence-electron chi connectivity index (χ4n) is 3.98. The molecule has 1 fully saturated rings. The molecule has 0 radical (unpaired) electrons. The smallest absolute Gasteiger partial charge is 0.295 e. The van der Waals surface area contributed by atoms with E-state index in [9.17, 15) is 14.7 Å². The van der Waals surface area contributed by atoms with Crippen LogP contribution in [0.5, 0.6) is 17.2 Å². The average molecular weight is 470 g/mol. The number of likely N-dealkylation sites (tertiary alicyclic amines) is 1. The average Bonchev–Trinajstić information content (AvgIpc) is 3.08. The molecule has 182 valence electrons. The number of hydrogen-bond acceptors (Lipinski definition) is 7. The molecule has 8 nitrogen and oxygen atoms in total. The number of rotatable bonds is 10. The first-order chi connectivity index (χ1) is 16.3. The first-order valence-electron chi connectivity index (χ1n) is 11.1. The lowest BCUT2D eigenvalue weighted by molar-refractivity contribution is -0.140. The lowest BCUT2D eigenvalue weighted by Gasteiger charge is -2.26. The highest BCUT2D eigenvalue weighted by Gasteiger charge is 2.46. The van der Waals surface area contributed by atoms with Crippen LogP contribution in [0.2, 0.25) is 0 Å². The molecule has 34 heavy (non-hydrogen) atoms. The molecule has 2 aromatic carbocycles. The third kappa shape index (κ3) is 5.17. The fraction of sp³-hybridized carbons (Fsp3) is 0.385. The van der Waals surface area contributed by atoms with Gasteiger partial charge in [-0.25, -0.2) is 0 Å². The summed E-state index contributed by atoms with van der Waals surface area (Å²) in [7, 11) is 4.62. The highest BCUT2D eigenvalue weighted by molar-refractivity contribution is 6.46. The Bertz CT molecular complexity index is 1060. The molecule has 1 N–H and O–H groups in total. The van der Waals surface area contributed by atoms with Gasteiger partial charge in [-0.1, -0.05) is 6.07 Å². The normalized spacial score (nSPS) is 17.4. The number of ketones is 1. The summed E-state index contributed by atoms with van der Waals surface area (Å²) < 4.78 is 21.5. The van der Waals surface area contributed by atoms with Gasteiger partial charge in [0, 0.05) is 25.8 Å². The second kappa shape index (κ2) is 11.1. The summed E-state index contributed by atoms with van der Waals surface area (Å²) >= 11 is 0. The molecule has 1 atom stereocenters. The summed E-state index contributed by atoms with van der Waals surface area (Å²) in [6.45, 7) is 4.55. The molecular formula is C26H31NO7. The molecule has 1 aliphatic rings. The summed E-state index contributed by atoms with van der Waals surface area (Å²) in [5.41, 5.74) is 1.05. The SMILES string of the molecule is COCCCN1C(=O)C(=O)/C(=C(\O)c2ccc(OC(C)C)cc2)C1c1ccc(OC)c(OC)c1. The quantitative estimate of drug-likeness (QED) is 0.244. The van der Waals surface area contributed by atoms with E-state index in [-0.39, 0.29) is 24.0 Å². The van der Waals surface area contributed by atoms with E-state index in [0.29, 0.717) is 41.4 Å². The molecule has 2 aromatic rings. The van der Waals surface area contributed by atoms with Crippen molar-refractivity contribution in [2.45, 2.75) is 32.4 Å². The first kappa shape index (κ1) is 25.1. The second-order valence-corrected chi connectivity index (χ2v) is 8.14. The van der Waals surface area contributed by atoms with Crippen molar-refractivity contribution in [3.05, 3.63) is 59.2 Å². The third-order valence-electron chi connectivity index (χ3n) is 5.51. The van der Waals surface area contributed by atoms with Gasteiger partial charge in [0.25, 0.3) is 11.7 Å². The van der Waals surface area contributed by atoms with Crippen molar-refractivity contribution in [1.82, 2.24) is 4.90 Å². The van der Waals surface area contributed by atoms with E-state index in [1.54, 1.807) is 49.6 Å². The van der Waals surface area contributed by atoms with E-state index in [2.05, 4.69) is 0 Å². The number of ether oxygens (including phenoxy) is 4. The number of nitrogens with zero attached hydrogens (tertiary/aromatic N) is 1. The maximum atomic E-state index is 13.1. The Morgan fingerprint density at radius 1 is 1.00 bits per heavy atom. The zero-order valence-corrected chi connectivity index (χ0v) is 20.2. The van der Waals surface area contributed by atoms with Crippen LogP contribution in [-0.2, 0) is 14.3 Å². The maximum absolute atomic E-state index is 13.1. The van der Waals surface area contributed by atoms with Crippen LogP contribution in [-0.4, -0.2) is 62.3 Å². The summed E-state index contributed by atoms with van der Waals surface area (Å²) in [6.07, 6.45) is 0.538. The van der Waals surface area contributed by atoms with Crippen molar-refractivity contribution >= 4 is 17.4 Å². The van der Waals surface area contributed by atoms with Gasteiger partial charge in [0.15, 0.2) is 11.5 Å². The molecule has 0 bridgehead atoms. The van der Waals surface area contributed by atoms with Crippen LogP contribution in [0.25, 0.3) is 5.76 Å². The van der Waals surface area contributed by atoms with E-state index in [1.165, 1.54) is 19.1 Å². The molecule has 0 saturated carbocycles. The summed E-state index contributed by atoms with van der Waals surface area (Å²) in [5, 5.41) is 11.2. The van der Waals surface area contributed by atoms with E-state index >= 15 is 0 Å². The van der Waals surface area contributed by atoms with Crippen LogP contribution >= 0.6 is 0 Å². The van der Waals surface area contributed by atoms with E-state index in [4.69, 9.17) is 18.9 Å². The molecule has 1 saturated heterocycles. The van der Waals surface area contributed by atoms with Crippen molar-refractivity contribution in [2.24, 2.45) is 0 Å². The van der Waals surface area contributed by atoms with Gasteiger partial charge in [-0.2, -0.15) is 0 Å². The van der Waals surface area contributed by atoms with Gasteiger partial charge in [0.2, 0.25) is 0 Å². The second-order valence-electron chi connectivity index (χ2n) is 8.14. The van der Waals surface area contributed by atoms with Crippen molar-refractivity contribution < 1.29 is 33.6 Å². The Hall–Kier alpha value is -3.52. The lowest BCUT2D eigenvalue weighted by atomic mass is 9.95. The van der Waals surface area contributed by atoms with Crippen molar-refractivity contribution in [1.29, 1.82) is 0 Å². The minimum Gasteiger partial charge on any atom is -0.507 e. The Balaban J connectivity index is 2.10. The van der Waals surface area contributed by atoms with E-state index in [1.807, 2.05) is 13.8 Å². The van der Waals surface area contributed by atoms with Gasteiger partial charge in [-0.3, -0.25) is 9.59 Å². The van der Waals surface area contributed by atoms with Gasteiger partial charge in [-0.05, 0) is 62.2 Å². The number of benzene rings is 2. The predicted octanol–water partition coefficient (Wildman–Crippen LogP) is 3.95. The number of aliphatic hydroxyl groups is 1. The number of hydrogen-bond donors (Lipinski definition) is 1. The molecule has 0 aliphatic carbocycles. The summed E-state index contributed by atoms with van der Waals surface area (Å²) in [6, 6.07) is 11.2. The molecule has 3 rings (SSSR count). The number of carbonyl (C=O) groups is 2. The van der Waals surface area contributed by atoms with E-state index < -0.39 is 17.7 Å². The van der Waals surface area contributed by atoms with Crippen LogP contribution in [0.15, 0.2) is 48.0 Å². The molecule has 1 unspecified atom stereocenters. The number of carbonyl (C=O) groups excluding carboxylic acids is 2. The Kier molecular flexibility index (Phi) is 8.17. The molecular weight excluding hydrogens is 438 g/mol. The number of amides is 1. The minimum absolute atomic E-state index is 0.00178. The summed E-state index contributed by atoms with van der Waals surface area (Å²) in [5.74, 6) is -0.0399. The number of Topliss-reactive ketones (excluding diaryl/α,β-unsaturated/α-hetero) is 1. The van der Waals surface area contributed by atoms with Gasteiger partial charge in [0.05, 0.1) is 31.9 Å². The van der Waals surface area contributed by atoms with E-state index in [0.717, 1.165) is 0 Å². The summed E-state index contributed by atoms with van der Waals surface area (Å²) in [4.78, 5) is 27.6. The Labute approximate surface area is 199 Å². The molecule has 0 spiro atoms. The third-order valence-corrected chi connectivity index (χ3v) is 5.51. The zero-order valence-electron chi connectivity index (χ0n) is 20.2. The predicted molar refractivity (Wildman–Crippen MR) is 127 cm³/mol. The number of aliphatic hydroxyl groups excluding tert-OH is 1. The van der Waals surface area contributed by atoms with Crippen molar-refractivity contribution in [2.75, 3.05) is 34.5 Å². The first-order valence-corrected chi connectivity index (χ1v) is 11.1. The largest absolute Gasteiger partial charge is 0.507 e. The lowest BCUT2D eigenvalue weighted by Crippen LogP contribution is -2.31. The molecule has 1 aliphatic heterocycles. The highest BCUT2D eigenvalue weighted by Crippen LogP contribution is 2.42. The molecule has 0 aromatic heterocycles. The zero-order chi connectivity index (χ0) is 24.8. The molecule has 1 heterocycles. The van der Waals surface area contributed by atoms with Crippen LogP contribution in [0.1, 0.15) is 37.4 Å². The van der Waals surface area contributed by atoms with Gasteiger partial charge in [0.1, 0.15) is 11.5 Å². The standard InChI is InChI=1S/C26H31NO7/c1-16(2)34-19-10-7-17(8-11-19)24(28)22-23(18-9-12-20(32-4)21(15-18)33-5)27(13-6-14-31-3)26(30)25(22)29/h7-12,15-16,23,28H,6,13-14H2,1-5H3/b24-22-. The Morgan fingerprint density at radius 2 is 1.68 bits per heavy atom.